The van der Waals surface area contributed by atoms with Crippen molar-refractivity contribution in [1.82, 2.24) is 4.90 Å². The lowest BCUT2D eigenvalue weighted by atomic mass is 9.96. The molecule has 0 spiro atoms. The largest absolute Gasteiger partial charge is 0.489 e. The molecule has 0 saturated carbocycles. The topological polar surface area (TPSA) is 59.0 Å². The molecule has 2 aromatic carbocycles. The third-order valence-corrected chi connectivity index (χ3v) is 6.63. The monoisotopic (exact) mass is 409 g/mol. The summed E-state index contributed by atoms with van der Waals surface area (Å²) in [6.07, 6.45) is 3.18. The molecule has 2 fully saturated rings. The fourth-order valence-electron chi connectivity index (χ4n) is 4.68. The Kier molecular flexibility index (Phi) is 6.40. The first kappa shape index (κ1) is 20.9. The highest BCUT2D eigenvalue weighted by Gasteiger charge is 2.40. The predicted molar refractivity (Wildman–Crippen MR) is 115 cm³/mol. The van der Waals surface area contributed by atoms with Crippen molar-refractivity contribution >= 4 is 5.97 Å². The minimum absolute atomic E-state index is 0.0404. The second kappa shape index (κ2) is 9.19. The van der Waals surface area contributed by atoms with E-state index >= 15 is 0 Å². The number of aliphatic hydroxyl groups is 1. The van der Waals surface area contributed by atoms with Gasteiger partial charge in [0.05, 0.1) is 12.0 Å². The Morgan fingerprint density at radius 3 is 2.50 bits per heavy atom. The molecule has 2 bridgehead atoms. The van der Waals surface area contributed by atoms with Crippen LogP contribution in [0.4, 0.5) is 0 Å². The van der Waals surface area contributed by atoms with E-state index < -0.39 is 12.0 Å². The van der Waals surface area contributed by atoms with Gasteiger partial charge in [-0.2, -0.15) is 0 Å². The third-order valence-electron chi connectivity index (χ3n) is 6.63. The van der Waals surface area contributed by atoms with Crippen LogP contribution in [0.15, 0.2) is 54.6 Å². The van der Waals surface area contributed by atoms with Crippen LogP contribution in [0.25, 0.3) is 0 Å². The number of benzene rings is 2. The van der Waals surface area contributed by atoms with Crippen LogP contribution in [0, 0.1) is 5.92 Å². The number of nitrogens with zero attached hydrogens (tertiary/aromatic N) is 1. The molecule has 0 amide bonds. The van der Waals surface area contributed by atoms with Crippen molar-refractivity contribution in [1.29, 1.82) is 0 Å². The minimum atomic E-state index is -0.930. The van der Waals surface area contributed by atoms with E-state index in [9.17, 15) is 9.90 Å². The molecule has 4 rings (SSSR count). The summed E-state index contributed by atoms with van der Waals surface area (Å²) in [5.41, 5.74) is 1.74. The van der Waals surface area contributed by atoms with E-state index in [0.29, 0.717) is 30.0 Å². The van der Waals surface area contributed by atoms with Crippen molar-refractivity contribution in [3.63, 3.8) is 0 Å². The van der Waals surface area contributed by atoms with E-state index in [1.54, 1.807) is 13.0 Å². The number of carbonyl (C=O) groups is 1. The molecule has 2 saturated heterocycles. The molecule has 2 aliphatic rings. The van der Waals surface area contributed by atoms with Crippen LogP contribution in [0.2, 0.25) is 0 Å². The quantitative estimate of drug-likeness (QED) is 0.698. The van der Waals surface area contributed by atoms with E-state index in [-0.39, 0.29) is 12.1 Å². The van der Waals surface area contributed by atoms with Crippen LogP contribution >= 0.6 is 0 Å². The van der Waals surface area contributed by atoms with E-state index in [4.69, 9.17) is 9.47 Å². The number of carbonyl (C=O) groups excluding carboxylic acids is 1. The van der Waals surface area contributed by atoms with Gasteiger partial charge in [0.15, 0.2) is 0 Å². The molecule has 2 unspecified atom stereocenters. The van der Waals surface area contributed by atoms with Crippen LogP contribution in [-0.4, -0.2) is 41.2 Å². The highest BCUT2D eigenvalue weighted by Crippen LogP contribution is 2.36. The summed E-state index contributed by atoms with van der Waals surface area (Å²) in [6, 6.07) is 18.3. The molecular formula is C25H31NO4. The fraction of sp³-hybridized carbons (Fsp3) is 0.480. The Labute approximate surface area is 178 Å². The lowest BCUT2D eigenvalue weighted by molar-refractivity contribution is -0.160. The normalized spacial score (nSPS) is 25.5. The van der Waals surface area contributed by atoms with Gasteiger partial charge in [-0.05, 0) is 62.9 Å². The van der Waals surface area contributed by atoms with Gasteiger partial charge in [-0.15, -0.1) is 0 Å². The standard InChI is InChI=1S/C25H31NO4/c1-17(25(28)30-23-14-20-11-12-21(15-23)26(20)2)24(27)19-9-6-10-22(13-19)29-16-18-7-4-3-5-8-18/h3-10,13,17,20-21,23-24,27H,11-12,14-16H2,1-2H3/t17?,20-,21+,23+,24?. The first-order valence-electron chi connectivity index (χ1n) is 10.9. The number of hydrogen-bond acceptors (Lipinski definition) is 5. The van der Waals surface area contributed by atoms with Crippen LogP contribution < -0.4 is 4.74 Å². The van der Waals surface area contributed by atoms with Crippen LogP contribution in [0.5, 0.6) is 5.75 Å². The summed E-state index contributed by atoms with van der Waals surface area (Å²) in [4.78, 5) is 15.1. The smallest absolute Gasteiger partial charge is 0.311 e. The van der Waals surface area contributed by atoms with Gasteiger partial charge in [-0.25, -0.2) is 0 Å². The van der Waals surface area contributed by atoms with E-state index in [1.165, 1.54) is 12.8 Å². The number of hydrogen-bond donors (Lipinski definition) is 1. The maximum absolute atomic E-state index is 12.7. The molecule has 2 aliphatic heterocycles. The van der Waals surface area contributed by atoms with Gasteiger partial charge in [-0.1, -0.05) is 42.5 Å². The van der Waals surface area contributed by atoms with Crippen molar-refractivity contribution in [2.24, 2.45) is 5.92 Å². The molecule has 2 aromatic rings. The second-order valence-corrected chi connectivity index (χ2v) is 8.66. The highest BCUT2D eigenvalue weighted by molar-refractivity contribution is 5.73. The summed E-state index contributed by atoms with van der Waals surface area (Å²) in [6.45, 7) is 2.19. The molecule has 2 heterocycles. The first-order valence-corrected chi connectivity index (χ1v) is 10.9. The van der Waals surface area contributed by atoms with E-state index in [0.717, 1.165) is 18.4 Å². The van der Waals surface area contributed by atoms with Crippen molar-refractivity contribution in [3.8, 4) is 5.75 Å². The van der Waals surface area contributed by atoms with Gasteiger partial charge >= 0.3 is 5.97 Å². The summed E-state index contributed by atoms with van der Waals surface area (Å²) < 4.78 is 11.7. The molecule has 1 N–H and O–H groups in total. The highest BCUT2D eigenvalue weighted by atomic mass is 16.5. The maximum atomic E-state index is 12.7. The zero-order valence-corrected chi connectivity index (χ0v) is 17.7. The van der Waals surface area contributed by atoms with Gasteiger partial charge in [0.1, 0.15) is 18.5 Å². The summed E-state index contributed by atoms with van der Waals surface area (Å²) in [5.74, 6) is -0.290. The number of aliphatic hydroxyl groups excluding tert-OH is 1. The van der Waals surface area contributed by atoms with Crippen molar-refractivity contribution in [2.75, 3.05) is 7.05 Å². The van der Waals surface area contributed by atoms with E-state index in [2.05, 4.69) is 11.9 Å². The Morgan fingerprint density at radius 2 is 1.80 bits per heavy atom. The number of piperidine rings is 1. The van der Waals surface area contributed by atoms with Crippen LogP contribution in [-0.2, 0) is 16.1 Å². The predicted octanol–water partition coefficient (Wildman–Crippen LogP) is 4.10. The minimum Gasteiger partial charge on any atom is -0.489 e. The fourth-order valence-corrected chi connectivity index (χ4v) is 4.68. The second-order valence-electron chi connectivity index (χ2n) is 8.66. The number of ether oxygens (including phenoxy) is 2. The average Bonchev–Trinajstić information content (AvgIpc) is 2.98. The number of esters is 1. The van der Waals surface area contributed by atoms with Gasteiger partial charge in [0.2, 0.25) is 0 Å². The van der Waals surface area contributed by atoms with E-state index in [1.807, 2.05) is 48.5 Å². The van der Waals surface area contributed by atoms with Crippen LogP contribution in [0.3, 0.4) is 0 Å². The Balaban J connectivity index is 1.34. The molecule has 0 aromatic heterocycles. The maximum Gasteiger partial charge on any atom is 0.311 e. The van der Waals surface area contributed by atoms with Crippen LogP contribution in [0.1, 0.15) is 49.8 Å². The molecule has 160 valence electrons. The molecule has 5 nitrogen and oxygen atoms in total. The third kappa shape index (κ3) is 4.68. The molecule has 5 heteroatoms. The van der Waals surface area contributed by atoms with Gasteiger partial charge < -0.3 is 19.5 Å². The lowest BCUT2D eigenvalue weighted by Gasteiger charge is -2.36. The molecule has 5 atom stereocenters. The molecule has 30 heavy (non-hydrogen) atoms. The van der Waals surface area contributed by atoms with Gasteiger partial charge in [0.25, 0.3) is 0 Å². The SMILES string of the molecule is CC(C(=O)O[C@H]1C[C@H]2CC[C@@H](C1)N2C)C(O)c1cccc(OCc2ccccc2)c1. The van der Waals surface area contributed by atoms with Gasteiger partial charge in [0, 0.05) is 12.1 Å². The molecule has 0 radical (unpaired) electrons. The summed E-state index contributed by atoms with van der Waals surface area (Å²) in [5, 5.41) is 10.8. The zero-order chi connectivity index (χ0) is 21.1. The van der Waals surface area contributed by atoms with Gasteiger partial charge in [-0.3, -0.25) is 4.79 Å². The summed E-state index contributed by atoms with van der Waals surface area (Å²) in [7, 11) is 2.17. The average molecular weight is 410 g/mol. The first-order chi connectivity index (χ1) is 14.5. The molecular weight excluding hydrogens is 378 g/mol. The Bertz CT molecular complexity index is 841. The number of fused-ring (bicyclic) bond motifs is 2. The van der Waals surface area contributed by atoms with Crippen molar-refractivity contribution < 1.29 is 19.4 Å². The lowest BCUT2D eigenvalue weighted by Crippen LogP contribution is -2.44. The number of rotatable bonds is 7. The zero-order valence-electron chi connectivity index (χ0n) is 17.7. The van der Waals surface area contributed by atoms with Crippen molar-refractivity contribution in [2.45, 2.75) is 63.5 Å². The molecule has 0 aliphatic carbocycles. The van der Waals surface area contributed by atoms with Crippen molar-refractivity contribution in [3.05, 3.63) is 65.7 Å². The Hall–Kier alpha value is -2.37. The summed E-state index contributed by atoms with van der Waals surface area (Å²) >= 11 is 0. The Morgan fingerprint density at radius 1 is 1.10 bits per heavy atom.